The van der Waals surface area contributed by atoms with Gasteiger partial charge in [-0.3, -0.25) is 14.8 Å². The number of piperidine rings is 1. The van der Waals surface area contributed by atoms with Crippen LogP contribution in [0.5, 0.6) is 5.75 Å². The van der Waals surface area contributed by atoms with Gasteiger partial charge in [0.1, 0.15) is 12.4 Å². The number of aromatic amines is 1. The smallest absolute Gasteiger partial charge is 0.236 e. The number of aryl methyl sites for hydroxylation is 1. The predicted octanol–water partition coefficient (Wildman–Crippen LogP) is 2.11. The molecule has 0 radical (unpaired) electrons. The van der Waals surface area contributed by atoms with E-state index >= 15 is 0 Å². The zero-order chi connectivity index (χ0) is 18.3. The van der Waals surface area contributed by atoms with E-state index < -0.39 is 0 Å². The summed E-state index contributed by atoms with van der Waals surface area (Å²) in [7, 11) is 0. The van der Waals surface area contributed by atoms with E-state index in [0.29, 0.717) is 13.2 Å². The highest BCUT2D eigenvalue weighted by Crippen LogP contribution is 2.43. The molecule has 1 aromatic carbocycles. The Morgan fingerprint density at radius 2 is 2.15 bits per heavy atom. The van der Waals surface area contributed by atoms with Crippen LogP contribution in [-0.4, -0.2) is 58.7 Å². The lowest BCUT2D eigenvalue weighted by Crippen LogP contribution is -2.50. The third kappa shape index (κ3) is 3.02. The minimum absolute atomic E-state index is 0.0915. The first-order chi connectivity index (χ1) is 13.2. The van der Waals surface area contributed by atoms with Crippen molar-refractivity contribution < 1.29 is 9.53 Å². The Labute approximate surface area is 159 Å². The van der Waals surface area contributed by atoms with Gasteiger partial charge in [-0.05, 0) is 37.3 Å². The number of nitrogens with one attached hydrogen (secondary N) is 1. The molecule has 3 aliphatic rings. The Bertz CT molecular complexity index is 848. The van der Waals surface area contributed by atoms with Gasteiger partial charge in [-0.15, -0.1) is 0 Å². The van der Waals surface area contributed by atoms with Crippen LogP contribution >= 0.6 is 0 Å². The highest BCUT2D eigenvalue weighted by atomic mass is 16.5. The van der Waals surface area contributed by atoms with Gasteiger partial charge in [0, 0.05) is 42.9 Å². The van der Waals surface area contributed by atoms with E-state index in [1.54, 1.807) is 0 Å². The maximum atomic E-state index is 13.1. The monoisotopic (exact) mass is 366 g/mol. The van der Waals surface area contributed by atoms with Crippen LogP contribution in [0.25, 0.3) is 0 Å². The number of H-pyrrole nitrogens is 1. The molecule has 1 aromatic heterocycles. The molecular weight excluding hydrogens is 340 g/mol. The molecule has 1 spiro atoms. The maximum absolute atomic E-state index is 13.1. The minimum Gasteiger partial charge on any atom is -0.492 e. The van der Waals surface area contributed by atoms with Gasteiger partial charge >= 0.3 is 0 Å². The summed E-state index contributed by atoms with van der Waals surface area (Å²) < 4.78 is 5.83. The fourth-order valence-electron chi connectivity index (χ4n) is 5.02. The normalized spacial score (nSPS) is 25.0. The Morgan fingerprint density at radius 3 is 3.11 bits per heavy atom. The minimum atomic E-state index is 0.0915. The molecule has 6 heteroatoms. The van der Waals surface area contributed by atoms with Crippen LogP contribution in [0.2, 0.25) is 0 Å². The van der Waals surface area contributed by atoms with E-state index in [9.17, 15) is 4.79 Å². The Balaban J connectivity index is 1.28. The molecule has 0 bridgehead atoms. The highest BCUT2D eigenvalue weighted by Gasteiger charge is 2.44. The van der Waals surface area contributed by atoms with E-state index in [2.05, 4.69) is 26.1 Å². The van der Waals surface area contributed by atoms with E-state index in [-0.39, 0.29) is 11.3 Å². The number of likely N-dealkylation sites (tertiary alicyclic amines) is 1. The number of ether oxygens (including phenoxy) is 1. The number of fused-ring (bicyclic) bond motifs is 3. The molecule has 1 fully saturated rings. The summed E-state index contributed by atoms with van der Waals surface area (Å²) in [6, 6.07) is 8.13. The van der Waals surface area contributed by atoms with Gasteiger partial charge in [-0.1, -0.05) is 18.2 Å². The van der Waals surface area contributed by atoms with Gasteiger partial charge < -0.3 is 9.64 Å². The van der Waals surface area contributed by atoms with Crippen LogP contribution in [0.1, 0.15) is 36.1 Å². The largest absolute Gasteiger partial charge is 0.492 e. The molecule has 2 aliphatic heterocycles. The van der Waals surface area contributed by atoms with E-state index in [0.717, 1.165) is 63.2 Å². The second kappa shape index (κ2) is 6.68. The summed E-state index contributed by atoms with van der Waals surface area (Å²) in [6.45, 7) is 4.33. The zero-order valence-corrected chi connectivity index (χ0v) is 15.6. The van der Waals surface area contributed by atoms with Gasteiger partial charge in [0.25, 0.3) is 0 Å². The van der Waals surface area contributed by atoms with Crippen LogP contribution in [0.3, 0.4) is 0 Å². The summed E-state index contributed by atoms with van der Waals surface area (Å²) in [4.78, 5) is 17.4. The summed E-state index contributed by atoms with van der Waals surface area (Å²) in [5.41, 5.74) is 3.87. The van der Waals surface area contributed by atoms with Gasteiger partial charge in [0.15, 0.2) is 0 Å². The van der Waals surface area contributed by atoms with Crippen molar-refractivity contribution in [3.63, 3.8) is 0 Å². The van der Waals surface area contributed by atoms with Gasteiger partial charge in [-0.2, -0.15) is 5.10 Å². The van der Waals surface area contributed by atoms with E-state index in [1.165, 1.54) is 11.3 Å². The number of nitrogens with zero attached hydrogens (tertiary/aromatic N) is 3. The lowest BCUT2D eigenvalue weighted by molar-refractivity contribution is -0.134. The van der Waals surface area contributed by atoms with Crippen molar-refractivity contribution >= 4 is 5.91 Å². The first-order valence-electron chi connectivity index (χ1n) is 9.97. The average Bonchev–Trinajstić information content (AvgIpc) is 3.22. The molecule has 1 unspecified atom stereocenters. The first kappa shape index (κ1) is 16.8. The van der Waals surface area contributed by atoms with Crippen LogP contribution in [-0.2, 0) is 23.2 Å². The van der Waals surface area contributed by atoms with Crippen molar-refractivity contribution in [3.05, 3.63) is 47.3 Å². The molecule has 3 heterocycles. The quantitative estimate of drug-likeness (QED) is 0.884. The fraction of sp³-hybridized carbons (Fsp3) is 0.524. The van der Waals surface area contributed by atoms with Gasteiger partial charge in [0.05, 0.1) is 12.7 Å². The van der Waals surface area contributed by atoms with Crippen LogP contribution in [0, 0.1) is 0 Å². The number of aromatic nitrogens is 2. The lowest BCUT2D eigenvalue weighted by atomic mass is 9.77. The molecule has 142 valence electrons. The number of amides is 1. The first-order valence-corrected chi connectivity index (χ1v) is 9.97. The summed E-state index contributed by atoms with van der Waals surface area (Å²) in [6.07, 6.45) is 6.38. The average molecular weight is 366 g/mol. The highest BCUT2D eigenvalue weighted by molar-refractivity contribution is 5.78. The van der Waals surface area contributed by atoms with Crippen molar-refractivity contribution in [1.29, 1.82) is 0 Å². The van der Waals surface area contributed by atoms with Crippen molar-refractivity contribution in [2.75, 3.05) is 32.8 Å². The lowest BCUT2D eigenvalue weighted by Gasteiger charge is -2.41. The Morgan fingerprint density at radius 1 is 1.22 bits per heavy atom. The second-order valence-corrected chi connectivity index (χ2v) is 8.14. The molecule has 1 atom stereocenters. The summed E-state index contributed by atoms with van der Waals surface area (Å²) in [5.74, 6) is 1.18. The number of carbonyl (C=O) groups is 1. The van der Waals surface area contributed by atoms with E-state index in [4.69, 9.17) is 4.74 Å². The van der Waals surface area contributed by atoms with Crippen molar-refractivity contribution in [1.82, 2.24) is 20.0 Å². The number of rotatable bonds is 2. The topological polar surface area (TPSA) is 61.5 Å². The van der Waals surface area contributed by atoms with Crippen molar-refractivity contribution in [3.8, 4) is 5.75 Å². The van der Waals surface area contributed by atoms with Gasteiger partial charge in [-0.25, -0.2) is 0 Å². The molecule has 2 aromatic rings. The molecular formula is C21H26N4O2. The molecule has 6 nitrogen and oxygen atoms in total. The summed E-state index contributed by atoms with van der Waals surface area (Å²) >= 11 is 0. The van der Waals surface area contributed by atoms with E-state index in [1.807, 2.05) is 24.4 Å². The zero-order valence-electron chi connectivity index (χ0n) is 15.6. The van der Waals surface area contributed by atoms with Crippen molar-refractivity contribution in [2.45, 2.75) is 37.6 Å². The van der Waals surface area contributed by atoms with Crippen LogP contribution < -0.4 is 4.74 Å². The number of benzene rings is 1. The number of hydrogen-bond acceptors (Lipinski definition) is 4. The SMILES string of the molecule is O=C(CN1CCOc2ccccc2C1)N1CCCC2(CCc3cn[nH]c32)C1. The Hall–Kier alpha value is -2.34. The summed E-state index contributed by atoms with van der Waals surface area (Å²) in [5, 5.41) is 7.46. The molecule has 1 saturated heterocycles. The van der Waals surface area contributed by atoms with Crippen LogP contribution in [0.4, 0.5) is 0 Å². The predicted molar refractivity (Wildman–Crippen MR) is 102 cm³/mol. The molecule has 1 N–H and O–H groups in total. The Kier molecular flexibility index (Phi) is 4.16. The van der Waals surface area contributed by atoms with Gasteiger partial charge in [0.2, 0.25) is 5.91 Å². The van der Waals surface area contributed by atoms with Crippen LogP contribution in [0.15, 0.2) is 30.5 Å². The molecule has 0 saturated carbocycles. The molecule has 1 amide bonds. The fourth-order valence-corrected chi connectivity index (χ4v) is 5.02. The standard InChI is InChI=1S/C21H26N4O2/c26-19(14-24-10-11-27-18-5-2-1-4-17(18)13-24)25-9-3-7-21(15-25)8-6-16-12-22-23-20(16)21/h1-2,4-5,12H,3,6-11,13-15H2,(H,22,23). The number of hydrogen-bond donors (Lipinski definition) is 1. The molecule has 5 rings (SSSR count). The maximum Gasteiger partial charge on any atom is 0.236 e. The third-order valence-electron chi connectivity index (χ3n) is 6.44. The third-order valence-corrected chi connectivity index (χ3v) is 6.44. The number of para-hydroxylation sites is 1. The molecule has 27 heavy (non-hydrogen) atoms. The number of carbonyl (C=O) groups excluding carboxylic acids is 1. The second-order valence-electron chi connectivity index (χ2n) is 8.14. The molecule has 1 aliphatic carbocycles. The van der Waals surface area contributed by atoms with Crippen molar-refractivity contribution in [2.24, 2.45) is 0 Å².